The second-order valence-electron chi connectivity index (χ2n) is 7.71. The molecule has 0 aromatic heterocycles. The van der Waals surface area contributed by atoms with Crippen LogP contribution in [-0.2, 0) is 19.8 Å². The van der Waals surface area contributed by atoms with Crippen molar-refractivity contribution in [2.75, 3.05) is 19.8 Å². The zero-order chi connectivity index (χ0) is 20.2. The Morgan fingerprint density at radius 2 is 1.14 bits per heavy atom. The molecule has 0 unspecified atom stereocenters. The maximum atomic E-state index is 11.3. The number of carbonyl (C=O) groups is 1. The van der Waals surface area contributed by atoms with Crippen LogP contribution in [0.5, 0.6) is 0 Å². The summed E-state index contributed by atoms with van der Waals surface area (Å²) in [6.07, 6.45) is -0.622. The number of hydrogen-bond donors (Lipinski definition) is 0. The van der Waals surface area contributed by atoms with Crippen LogP contribution in [0.15, 0.2) is 91.0 Å². The van der Waals surface area contributed by atoms with E-state index < -0.39 is 17.2 Å². The number of hydrogen-bond acceptors (Lipinski definition) is 4. The van der Waals surface area contributed by atoms with E-state index in [0.29, 0.717) is 6.61 Å². The van der Waals surface area contributed by atoms with Gasteiger partial charge in [0.25, 0.3) is 0 Å². The molecule has 0 amide bonds. The molecule has 4 nitrogen and oxygen atoms in total. The third-order valence-corrected chi connectivity index (χ3v) is 5.26. The van der Waals surface area contributed by atoms with Crippen molar-refractivity contribution in [2.45, 2.75) is 12.5 Å². The van der Waals surface area contributed by atoms with E-state index in [0.717, 1.165) is 16.7 Å². The first-order valence-electron chi connectivity index (χ1n) is 9.73. The summed E-state index contributed by atoms with van der Waals surface area (Å²) in [7, 11) is 0. The summed E-state index contributed by atoms with van der Waals surface area (Å²) in [6.45, 7) is 2.89. The zero-order valence-corrected chi connectivity index (χ0v) is 16.4. The van der Waals surface area contributed by atoms with E-state index in [9.17, 15) is 4.79 Å². The van der Waals surface area contributed by atoms with Gasteiger partial charge in [-0.2, -0.15) is 0 Å². The van der Waals surface area contributed by atoms with Gasteiger partial charge in [0.2, 0.25) is 0 Å². The molecule has 1 fully saturated rings. The quantitative estimate of drug-likeness (QED) is 0.432. The average Bonchev–Trinajstić information content (AvgIpc) is 2.79. The van der Waals surface area contributed by atoms with Gasteiger partial charge in [-0.05, 0) is 16.7 Å². The van der Waals surface area contributed by atoms with Crippen LogP contribution < -0.4 is 0 Å². The number of cyclic esters (lactones) is 2. The van der Waals surface area contributed by atoms with E-state index in [1.54, 1.807) is 0 Å². The zero-order valence-electron chi connectivity index (χ0n) is 16.4. The first-order chi connectivity index (χ1) is 14.1. The molecule has 3 aromatic rings. The van der Waals surface area contributed by atoms with Gasteiger partial charge >= 0.3 is 6.16 Å². The molecule has 0 aliphatic carbocycles. The molecule has 29 heavy (non-hydrogen) atoms. The highest BCUT2D eigenvalue weighted by Gasteiger charge is 2.41. The van der Waals surface area contributed by atoms with Crippen molar-refractivity contribution in [2.24, 2.45) is 5.41 Å². The second-order valence-corrected chi connectivity index (χ2v) is 7.71. The van der Waals surface area contributed by atoms with Gasteiger partial charge in [0.1, 0.15) is 18.8 Å². The first-order valence-corrected chi connectivity index (χ1v) is 9.73. The molecule has 148 valence electrons. The number of ether oxygens (including phenoxy) is 3. The minimum Gasteiger partial charge on any atom is -0.433 e. The van der Waals surface area contributed by atoms with Crippen molar-refractivity contribution in [1.29, 1.82) is 0 Å². The lowest BCUT2D eigenvalue weighted by molar-refractivity contribution is -0.110. The van der Waals surface area contributed by atoms with Crippen LogP contribution in [0.4, 0.5) is 4.79 Å². The molecular weight excluding hydrogens is 364 g/mol. The Bertz CT molecular complexity index is 832. The lowest BCUT2D eigenvalue weighted by Crippen LogP contribution is -2.44. The highest BCUT2D eigenvalue weighted by Crippen LogP contribution is 2.41. The molecule has 1 aliphatic rings. The summed E-state index contributed by atoms with van der Waals surface area (Å²) in [6, 6.07) is 30.6. The van der Waals surface area contributed by atoms with E-state index in [2.05, 4.69) is 36.4 Å². The highest BCUT2D eigenvalue weighted by atomic mass is 16.7. The van der Waals surface area contributed by atoms with Crippen molar-refractivity contribution in [1.82, 2.24) is 0 Å². The van der Waals surface area contributed by atoms with Crippen molar-refractivity contribution in [3.05, 3.63) is 108 Å². The predicted octanol–water partition coefficient (Wildman–Crippen LogP) is 5.17. The van der Waals surface area contributed by atoms with Gasteiger partial charge in [-0.15, -0.1) is 0 Å². The van der Waals surface area contributed by atoms with Crippen molar-refractivity contribution in [3.8, 4) is 0 Å². The van der Waals surface area contributed by atoms with Gasteiger partial charge in [0.15, 0.2) is 0 Å². The molecule has 3 aromatic carbocycles. The molecule has 0 radical (unpaired) electrons. The van der Waals surface area contributed by atoms with Gasteiger partial charge < -0.3 is 14.2 Å². The van der Waals surface area contributed by atoms with Crippen LogP contribution in [-0.4, -0.2) is 26.0 Å². The molecule has 1 aliphatic heterocycles. The Balaban J connectivity index is 1.81. The number of rotatable bonds is 6. The summed E-state index contributed by atoms with van der Waals surface area (Å²) in [5.41, 5.74) is 1.88. The van der Waals surface area contributed by atoms with Crippen molar-refractivity contribution in [3.63, 3.8) is 0 Å². The SMILES string of the molecule is CC1(COC(c2ccccc2)(c2ccccc2)c2ccccc2)COC(=O)OC1. The van der Waals surface area contributed by atoms with E-state index in [-0.39, 0.29) is 13.2 Å². The van der Waals surface area contributed by atoms with Gasteiger partial charge in [-0.3, -0.25) is 0 Å². The largest absolute Gasteiger partial charge is 0.508 e. The third kappa shape index (κ3) is 3.89. The van der Waals surface area contributed by atoms with E-state index in [1.165, 1.54) is 0 Å². The summed E-state index contributed by atoms with van der Waals surface area (Å²) in [5, 5.41) is 0. The van der Waals surface area contributed by atoms with Crippen LogP contribution in [0.25, 0.3) is 0 Å². The third-order valence-electron chi connectivity index (χ3n) is 5.26. The molecule has 1 heterocycles. The first kappa shape index (κ1) is 19.2. The van der Waals surface area contributed by atoms with Gasteiger partial charge in [-0.25, -0.2) is 4.79 Å². The minimum atomic E-state index is -0.797. The lowest BCUT2D eigenvalue weighted by atomic mass is 9.79. The molecule has 0 saturated carbocycles. The topological polar surface area (TPSA) is 44.8 Å². The fraction of sp³-hybridized carbons (Fsp3) is 0.240. The maximum absolute atomic E-state index is 11.3. The van der Waals surface area contributed by atoms with Gasteiger partial charge in [-0.1, -0.05) is 97.9 Å². The average molecular weight is 388 g/mol. The summed E-state index contributed by atoms with van der Waals surface area (Å²) < 4.78 is 17.1. The molecular formula is C25H24O4. The monoisotopic (exact) mass is 388 g/mol. The highest BCUT2D eigenvalue weighted by molar-refractivity contribution is 5.60. The van der Waals surface area contributed by atoms with Gasteiger partial charge in [0, 0.05) is 0 Å². The maximum Gasteiger partial charge on any atom is 0.508 e. The number of benzene rings is 3. The second kappa shape index (κ2) is 8.10. The smallest absolute Gasteiger partial charge is 0.433 e. The Hall–Kier alpha value is -3.11. The Kier molecular flexibility index (Phi) is 5.36. The molecule has 4 heteroatoms. The molecule has 0 atom stereocenters. The number of carbonyl (C=O) groups excluding carboxylic acids is 1. The fourth-order valence-electron chi connectivity index (χ4n) is 3.68. The van der Waals surface area contributed by atoms with E-state index in [1.807, 2.05) is 61.5 Å². The molecule has 4 rings (SSSR count). The predicted molar refractivity (Wildman–Crippen MR) is 111 cm³/mol. The van der Waals surface area contributed by atoms with Crippen LogP contribution in [0.1, 0.15) is 23.6 Å². The van der Waals surface area contributed by atoms with Crippen molar-refractivity contribution >= 4 is 6.16 Å². The van der Waals surface area contributed by atoms with E-state index >= 15 is 0 Å². The molecule has 0 bridgehead atoms. The van der Waals surface area contributed by atoms with Crippen molar-refractivity contribution < 1.29 is 19.0 Å². The van der Waals surface area contributed by atoms with E-state index in [4.69, 9.17) is 14.2 Å². The summed E-state index contributed by atoms with van der Waals surface area (Å²) >= 11 is 0. The molecule has 0 N–H and O–H groups in total. The minimum absolute atomic E-state index is 0.264. The van der Waals surface area contributed by atoms with Crippen LogP contribution >= 0.6 is 0 Å². The normalized spacial score (nSPS) is 16.0. The Labute approximate surface area is 171 Å². The Morgan fingerprint density at radius 1 is 0.759 bits per heavy atom. The lowest BCUT2D eigenvalue weighted by Gasteiger charge is -2.40. The molecule has 1 saturated heterocycles. The van der Waals surface area contributed by atoms with Crippen LogP contribution in [0, 0.1) is 5.41 Å². The summed E-state index contributed by atoms with van der Waals surface area (Å²) in [5.74, 6) is 0. The summed E-state index contributed by atoms with van der Waals surface area (Å²) in [4.78, 5) is 11.3. The van der Waals surface area contributed by atoms with Gasteiger partial charge in [0.05, 0.1) is 12.0 Å². The van der Waals surface area contributed by atoms with Crippen LogP contribution in [0.3, 0.4) is 0 Å². The fourth-order valence-corrected chi connectivity index (χ4v) is 3.68. The standard InChI is InChI=1S/C25H24O4/c1-24(17-27-23(26)28-18-24)19-29-25(20-11-5-2-6-12-20,21-13-7-3-8-14-21)22-15-9-4-10-16-22/h2-16H,17-19H2,1H3. The van der Waals surface area contributed by atoms with Crippen LogP contribution in [0.2, 0.25) is 0 Å². The molecule has 0 spiro atoms. The Morgan fingerprint density at radius 3 is 1.52 bits per heavy atom.